The minimum atomic E-state index is -1.29. The number of para-hydroxylation sites is 1. The molecule has 0 aliphatic carbocycles. The number of benzene rings is 1. The fraction of sp³-hybridized carbons (Fsp3) is 0. The first-order valence-corrected chi connectivity index (χ1v) is 5.46. The molecule has 8 heteroatoms. The maximum absolute atomic E-state index is 11.7. The van der Waals surface area contributed by atoms with E-state index >= 15 is 0 Å². The van der Waals surface area contributed by atoms with Crippen molar-refractivity contribution in [1.29, 1.82) is 0 Å². The van der Waals surface area contributed by atoms with Crippen LogP contribution < -0.4 is 10.6 Å². The van der Waals surface area contributed by atoms with Crippen LogP contribution in [0.5, 0.6) is 5.75 Å². The number of phenols is 1. The Morgan fingerprint density at radius 1 is 1.10 bits per heavy atom. The third-order valence-corrected chi connectivity index (χ3v) is 2.33. The second-order valence-electron chi connectivity index (χ2n) is 3.71. The zero-order chi connectivity index (χ0) is 14.5. The van der Waals surface area contributed by atoms with Crippen molar-refractivity contribution < 1.29 is 19.8 Å². The number of carboxylic acids is 1. The quantitative estimate of drug-likeness (QED) is 0.629. The summed E-state index contributed by atoms with van der Waals surface area (Å²) in [5, 5.41) is 23.3. The SMILES string of the molecule is O=C(Nc1cncnc1)Nc1cccc(C(=O)O)c1O. The monoisotopic (exact) mass is 274 g/mol. The highest BCUT2D eigenvalue weighted by molar-refractivity contribution is 6.02. The predicted molar refractivity (Wildman–Crippen MR) is 69.7 cm³/mol. The maximum Gasteiger partial charge on any atom is 0.339 e. The summed E-state index contributed by atoms with van der Waals surface area (Å²) < 4.78 is 0. The van der Waals surface area contributed by atoms with Crippen molar-refractivity contribution in [2.24, 2.45) is 0 Å². The lowest BCUT2D eigenvalue weighted by Gasteiger charge is -2.09. The molecule has 0 aliphatic heterocycles. The van der Waals surface area contributed by atoms with E-state index in [1.165, 1.54) is 36.9 Å². The Bertz CT molecular complexity index is 645. The first kappa shape index (κ1) is 13.3. The first-order chi connectivity index (χ1) is 9.58. The Kier molecular flexibility index (Phi) is 3.75. The Balaban J connectivity index is 2.12. The van der Waals surface area contributed by atoms with E-state index in [0.29, 0.717) is 5.69 Å². The molecular weight excluding hydrogens is 264 g/mol. The van der Waals surface area contributed by atoms with E-state index in [1.807, 2.05) is 0 Å². The highest BCUT2D eigenvalue weighted by Gasteiger charge is 2.14. The van der Waals surface area contributed by atoms with Gasteiger partial charge in [-0.15, -0.1) is 0 Å². The van der Waals surface area contributed by atoms with Crippen LogP contribution >= 0.6 is 0 Å². The Morgan fingerprint density at radius 3 is 2.45 bits per heavy atom. The molecule has 0 spiro atoms. The van der Waals surface area contributed by atoms with Gasteiger partial charge in [-0.3, -0.25) is 0 Å². The second kappa shape index (κ2) is 5.65. The van der Waals surface area contributed by atoms with Gasteiger partial charge in [0.15, 0.2) is 5.75 Å². The van der Waals surface area contributed by atoms with Crippen LogP contribution in [-0.2, 0) is 0 Å². The van der Waals surface area contributed by atoms with E-state index in [1.54, 1.807) is 0 Å². The molecule has 102 valence electrons. The van der Waals surface area contributed by atoms with Crippen molar-refractivity contribution in [1.82, 2.24) is 9.97 Å². The molecular formula is C12H10N4O4. The fourth-order valence-electron chi connectivity index (χ4n) is 1.47. The summed E-state index contributed by atoms with van der Waals surface area (Å²) in [7, 11) is 0. The lowest BCUT2D eigenvalue weighted by atomic mass is 10.2. The molecule has 0 atom stereocenters. The number of carbonyl (C=O) groups is 2. The number of hydrogen-bond acceptors (Lipinski definition) is 5. The number of anilines is 2. The number of hydrogen-bond donors (Lipinski definition) is 4. The molecule has 0 fully saturated rings. The van der Waals surface area contributed by atoms with Crippen molar-refractivity contribution in [3.63, 3.8) is 0 Å². The zero-order valence-corrected chi connectivity index (χ0v) is 10.1. The van der Waals surface area contributed by atoms with Gasteiger partial charge in [0.1, 0.15) is 11.9 Å². The van der Waals surface area contributed by atoms with Gasteiger partial charge in [0.05, 0.1) is 23.8 Å². The average molecular weight is 274 g/mol. The molecule has 0 saturated carbocycles. The Hall–Kier alpha value is -3.16. The van der Waals surface area contributed by atoms with E-state index in [0.717, 1.165) is 0 Å². The van der Waals surface area contributed by atoms with Gasteiger partial charge in [0.25, 0.3) is 0 Å². The largest absolute Gasteiger partial charge is 0.505 e. The van der Waals surface area contributed by atoms with Crippen LogP contribution in [0.4, 0.5) is 16.2 Å². The summed E-state index contributed by atoms with van der Waals surface area (Å²) in [6.45, 7) is 0. The number of aromatic carboxylic acids is 1. The van der Waals surface area contributed by atoms with Crippen LogP contribution in [0.25, 0.3) is 0 Å². The number of aromatic nitrogens is 2. The first-order valence-electron chi connectivity index (χ1n) is 5.46. The number of carboxylic acid groups (broad SMARTS) is 1. The summed E-state index contributed by atoms with van der Waals surface area (Å²) in [5.74, 6) is -1.80. The van der Waals surface area contributed by atoms with Gasteiger partial charge in [-0.2, -0.15) is 0 Å². The molecule has 1 aromatic carbocycles. The van der Waals surface area contributed by atoms with Gasteiger partial charge in [-0.05, 0) is 12.1 Å². The van der Waals surface area contributed by atoms with Crippen LogP contribution in [0.3, 0.4) is 0 Å². The van der Waals surface area contributed by atoms with Gasteiger partial charge >= 0.3 is 12.0 Å². The number of nitrogens with zero attached hydrogens (tertiary/aromatic N) is 2. The van der Waals surface area contributed by atoms with Crippen LogP contribution in [0, 0.1) is 0 Å². The molecule has 1 aromatic heterocycles. The molecule has 0 saturated heterocycles. The molecule has 8 nitrogen and oxygen atoms in total. The topological polar surface area (TPSA) is 124 Å². The second-order valence-corrected chi connectivity index (χ2v) is 3.71. The van der Waals surface area contributed by atoms with Crippen LogP contribution in [0.2, 0.25) is 0 Å². The molecule has 20 heavy (non-hydrogen) atoms. The lowest BCUT2D eigenvalue weighted by Crippen LogP contribution is -2.20. The van der Waals surface area contributed by atoms with Gasteiger partial charge < -0.3 is 20.8 Å². The molecule has 1 heterocycles. The van der Waals surface area contributed by atoms with Crippen molar-refractivity contribution in [2.75, 3.05) is 10.6 Å². The molecule has 0 unspecified atom stereocenters. The van der Waals surface area contributed by atoms with Crippen LogP contribution in [-0.4, -0.2) is 32.2 Å². The highest BCUT2D eigenvalue weighted by Crippen LogP contribution is 2.27. The highest BCUT2D eigenvalue weighted by atomic mass is 16.4. The standard InChI is InChI=1S/C12H10N4O4/c17-10-8(11(18)19)2-1-3-9(10)16-12(20)15-7-4-13-6-14-5-7/h1-6,17H,(H,18,19)(H2,15,16,20). The molecule has 2 rings (SSSR count). The number of aromatic hydroxyl groups is 1. The fourth-order valence-corrected chi connectivity index (χ4v) is 1.47. The Labute approximate surface area is 113 Å². The third kappa shape index (κ3) is 2.99. The van der Waals surface area contributed by atoms with E-state index in [9.17, 15) is 14.7 Å². The number of urea groups is 1. The van der Waals surface area contributed by atoms with Gasteiger partial charge in [0, 0.05) is 0 Å². The Morgan fingerprint density at radius 2 is 1.80 bits per heavy atom. The number of rotatable bonds is 3. The van der Waals surface area contributed by atoms with Crippen LogP contribution in [0.15, 0.2) is 36.9 Å². The molecule has 2 aromatic rings. The van der Waals surface area contributed by atoms with Crippen molar-refractivity contribution in [3.8, 4) is 5.75 Å². The normalized spacial score (nSPS) is 9.80. The van der Waals surface area contributed by atoms with Gasteiger partial charge in [0.2, 0.25) is 0 Å². The molecule has 0 aliphatic rings. The van der Waals surface area contributed by atoms with Crippen molar-refractivity contribution in [2.45, 2.75) is 0 Å². The predicted octanol–water partition coefficient (Wildman–Crippen LogP) is 1.52. The summed E-state index contributed by atoms with van der Waals surface area (Å²) >= 11 is 0. The molecule has 0 radical (unpaired) electrons. The lowest BCUT2D eigenvalue weighted by molar-refractivity contribution is 0.0694. The molecule has 4 N–H and O–H groups in total. The average Bonchev–Trinajstić information content (AvgIpc) is 2.42. The molecule has 0 bridgehead atoms. The van der Waals surface area contributed by atoms with Crippen molar-refractivity contribution in [3.05, 3.63) is 42.5 Å². The number of amides is 2. The summed E-state index contributed by atoms with van der Waals surface area (Å²) in [5.41, 5.74) is 0.0453. The van der Waals surface area contributed by atoms with E-state index < -0.39 is 17.7 Å². The smallest absolute Gasteiger partial charge is 0.339 e. The summed E-state index contributed by atoms with van der Waals surface area (Å²) in [6, 6.07) is 3.36. The van der Waals surface area contributed by atoms with Crippen molar-refractivity contribution >= 4 is 23.4 Å². The zero-order valence-electron chi connectivity index (χ0n) is 10.1. The number of carbonyl (C=O) groups excluding carboxylic acids is 1. The third-order valence-electron chi connectivity index (χ3n) is 2.33. The summed E-state index contributed by atoms with van der Waals surface area (Å²) in [6.07, 6.45) is 4.09. The van der Waals surface area contributed by atoms with Gasteiger partial charge in [-0.25, -0.2) is 19.6 Å². The summed E-state index contributed by atoms with van der Waals surface area (Å²) in [4.78, 5) is 30.0. The van der Waals surface area contributed by atoms with Crippen LogP contribution in [0.1, 0.15) is 10.4 Å². The van der Waals surface area contributed by atoms with E-state index in [2.05, 4.69) is 20.6 Å². The van der Waals surface area contributed by atoms with E-state index in [-0.39, 0.29) is 11.3 Å². The molecule has 2 amide bonds. The van der Waals surface area contributed by atoms with Gasteiger partial charge in [-0.1, -0.05) is 6.07 Å². The number of nitrogens with one attached hydrogen (secondary N) is 2. The minimum absolute atomic E-state index is 0.0146. The van der Waals surface area contributed by atoms with E-state index in [4.69, 9.17) is 5.11 Å². The minimum Gasteiger partial charge on any atom is -0.505 e. The maximum atomic E-state index is 11.7.